The summed E-state index contributed by atoms with van der Waals surface area (Å²) in [5.74, 6) is -0.661. The van der Waals surface area contributed by atoms with Crippen molar-refractivity contribution < 1.29 is 9.59 Å². The Bertz CT molecular complexity index is 748. The standard InChI is InChI=1S/C16H20ClN5O2.ClH/c1-10-4-5-13(12(17)6-10)21-14(23)8-19-16(24)15(18-2)11-7-20-22(3)9-11;/h4-7,9,15,18H,8H2,1-3H3,(H,19,24)(H,21,23);1H. The van der Waals surface area contributed by atoms with Gasteiger partial charge in [-0.25, -0.2) is 0 Å². The molecule has 0 aliphatic rings. The van der Waals surface area contributed by atoms with Crippen LogP contribution in [0.3, 0.4) is 0 Å². The third-order valence-corrected chi connectivity index (χ3v) is 3.74. The fraction of sp³-hybridized carbons (Fsp3) is 0.312. The second kappa shape index (κ2) is 9.41. The summed E-state index contributed by atoms with van der Waals surface area (Å²) in [6.07, 6.45) is 3.35. The highest BCUT2D eigenvalue weighted by molar-refractivity contribution is 6.33. The number of anilines is 1. The predicted molar refractivity (Wildman–Crippen MR) is 100 cm³/mol. The zero-order valence-electron chi connectivity index (χ0n) is 14.2. The van der Waals surface area contributed by atoms with Gasteiger partial charge >= 0.3 is 0 Å². The number of carbonyl (C=O) groups is 2. The minimum Gasteiger partial charge on any atom is -0.345 e. The molecule has 0 saturated heterocycles. The molecule has 0 radical (unpaired) electrons. The maximum absolute atomic E-state index is 12.2. The van der Waals surface area contributed by atoms with Crippen LogP contribution in [-0.4, -0.2) is 35.2 Å². The van der Waals surface area contributed by atoms with Gasteiger partial charge in [-0.05, 0) is 31.7 Å². The van der Waals surface area contributed by atoms with E-state index in [1.54, 1.807) is 43.3 Å². The summed E-state index contributed by atoms with van der Waals surface area (Å²) >= 11 is 6.07. The van der Waals surface area contributed by atoms with Crippen molar-refractivity contribution in [1.29, 1.82) is 0 Å². The lowest BCUT2D eigenvalue weighted by molar-refractivity contribution is -0.125. The lowest BCUT2D eigenvalue weighted by atomic mass is 10.1. The molecule has 0 spiro atoms. The summed E-state index contributed by atoms with van der Waals surface area (Å²) in [6.45, 7) is 1.76. The van der Waals surface area contributed by atoms with E-state index >= 15 is 0 Å². The molecule has 0 aliphatic heterocycles. The van der Waals surface area contributed by atoms with E-state index in [0.717, 1.165) is 11.1 Å². The number of carbonyl (C=O) groups excluding carboxylic acids is 2. The predicted octanol–water partition coefficient (Wildman–Crippen LogP) is 1.82. The second-order valence-corrected chi connectivity index (χ2v) is 5.83. The highest BCUT2D eigenvalue weighted by Crippen LogP contribution is 2.22. The van der Waals surface area contributed by atoms with E-state index < -0.39 is 6.04 Å². The molecule has 1 aromatic carbocycles. The lowest BCUT2D eigenvalue weighted by Gasteiger charge is -2.14. The minimum absolute atomic E-state index is 0. The average Bonchev–Trinajstić information content (AvgIpc) is 2.95. The largest absolute Gasteiger partial charge is 0.345 e. The van der Waals surface area contributed by atoms with Gasteiger partial charge in [0.25, 0.3) is 0 Å². The van der Waals surface area contributed by atoms with Gasteiger partial charge in [-0.15, -0.1) is 12.4 Å². The van der Waals surface area contributed by atoms with Crippen LogP contribution in [0.1, 0.15) is 17.2 Å². The summed E-state index contributed by atoms with van der Waals surface area (Å²) < 4.78 is 1.61. The third-order valence-electron chi connectivity index (χ3n) is 3.43. The van der Waals surface area contributed by atoms with E-state index in [0.29, 0.717) is 10.7 Å². The Morgan fingerprint density at radius 3 is 2.64 bits per heavy atom. The van der Waals surface area contributed by atoms with Crippen LogP contribution in [0.2, 0.25) is 5.02 Å². The van der Waals surface area contributed by atoms with Crippen molar-refractivity contribution in [1.82, 2.24) is 20.4 Å². The SMILES string of the molecule is CNC(C(=O)NCC(=O)Nc1ccc(C)cc1Cl)c1cnn(C)c1.Cl. The lowest BCUT2D eigenvalue weighted by Crippen LogP contribution is -2.39. The van der Waals surface area contributed by atoms with Crippen LogP contribution in [0.25, 0.3) is 0 Å². The molecular formula is C16H21Cl2N5O2. The molecule has 136 valence electrons. The van der Waals surface area contributed by atoms with Gasteiger partial charge < -0.3 is 16.0 Å². The topological polar surface area (TPSA) is 88.1 Å². The first-order chi connectivity index (χ1) is 11.4. The van der Waals surface area contributed by atoms with Crippen molar-refractivity contribution >= 4 is 41.5 Å². The summed E-state index contributed by atoms with van der Waals surface area (Å²) in [4.78, 5) is 24.2. The summed E-state index contributed by atoms with van der Waals surface area (Å²) in [7, 11) is 3.44. The molecule has 0 saturated carbocycles. The Kier molecular flexibility index (Phi) is 7.89. The third kappa shape index (κ3) is 5.74. The van der Waals surface area contributed by atoms with Crippen LogP contribution in [0.4, 0.5) is 5.69 Å². The second-order valence-electron chi connectivity index (χ2n) is 5.42. The van der Waals surface area contributed by atoms with Crippen molar-refractivity contribution in [3.63, 3.8) is 0 Å². The normalized spacial score (nSPS) is 11.4. The molecule has 3 N–H and O–H groups in total. The summed E-state index contributed by atoms with van der Waals surface area (Å²) in [5, 5.41) is 12.7. The number of benzene rings is 1. The quantitative estimate of drug-likeness (QED) is 0.707. The van der Waals surface area contributed by atoms with E-state index in [-0.39, 0.29) is 30.8 Å². The van der Waals surface area contributed by atoms with Crippen molar-refractivity contribution in [3.8, 4) is 0 Å². The van der Waals surface area contributed by atoms with E-state index in [1.807, 2.05) is 13.0 Å². The van der Waals surface area contributed by atoms with Gasteiger partial charge in [0.05, 0.1) is 23.5 Å². The molecular weight excluding hydrogens is 365 g/mol. The fourth-order valence-corrected chi connectivity index (χ4v) is 2.51. The van der Waals surface area contributed by atoms with E-state index in [4.69, 9.17) is 11.6 Å². The summed E-state index contributed by atoms with van der Waals surface area (Å²) in [6, 6.07) is 4.76. The number of hydrogen-bond acceptors (Lipinski definition) is 4. The van der Waals surface area contributed by atoms with Crippen LogP contribution in [0, 0.1) is 6.92 Å². The Morgan fingerprint density at radius 1 is 1.36 bits per heavy atom. The number of aromatic nitrogens is 2. The minimum atomic E-state index is -0.575. The molecule has 0 fully saturated rings. The molecule has 0 aliphatic carbocycles. The molecule has 2 aromatic rings. The number of aryl methyl sites for hydroxylation is 2. The van der Waals surface area contributed by atoms with Gasteiger partial charge in [-0.2, -0.15) is 5.10 Å². The maximum Gasteiger partial charge on any atom is 0.243 e. The number of amides is 2. The van der Waals surface area contributed by atoms with Crippen molar-refractivity contribution in [2.75, 3.05) is 18.9 Å². The number of halogens is 2. The van der Waals surface area contributed by atoms with E-state index in [1.165, 1.54) is 0 Å². The van der Waals surface area contributed by atoms with Crippen LogP contribution in [-0.2, 0) is 16.6 Å². The Balaban J connectivity index is 0.00000312. The van der Waals surface area contributed by atoms with Gasteiger partial charge in [-0.3, -0.25) is 14.3 Å². The number of hydrogen-bond donors (Lipinski definition) is 3. The number of nitrogens with one attached hydrogen (secondary N) is 3. The van der Waals surface area contributed by atoms with Crippen molar-refractivity contribution in [2.24, 2.45) is 7.05 Å². The molecule has 2 amide bonds. The number of nitrogens with zero attached hydrogens (tertiary/aromatic N) is 2. The highest BCUT2D eigenvalue weighted by atomic mass is 35.5. The van der Waals surface area contributed by atoms with E-state index in [2.05, 4.69) is 21.0 Å². The molecule has 1 heterocycles. The number of likely N-dealkylation sites (N-methyl/N-ethyl adjacent to an activating group) is 1. The smallest absolute Gasteiger partial charge is 0.243 e. The number of rotatable bonds is 6. The van der Waals surface area contributed by atoms with Gasteiger partial charge in [0, 0.05) is 18.8 Å². The van der Waals surface area contributed by atoms with Gasteiger partial charge in [0.1, 0.15) is 6.04 Å². The fourth-order valence-electron chi connectivity index (χ4n) is 2.22. The zero-order valence-corrected chi connectivity index (χ0v) is 15.7. The molecule has 1 unspecified atom stereocenters. The molecule has 25 heavy (non-hydrogen) atoms. The summed E-state index contributed by atoms with van der Waals surface area (Å²) in [5.41, 5.74) is 2.23. The Morgan fingerprint density at radius 2 is 2.08 bits per heavy atom. The molecule has 0 bridgehead atoms. The van der Waals surface area contributed by atoms with Crippen LogP contribution in [0.5, 0.6) is 0 Å². The van der Waals surface area contributed by atoms with Crippen LogP contribution < -0.4 is 16.0 Å². The van der Waals surface area contributed by atoms with E-state index in [9.17, 15) is 9.59 Å². The zero-order chi connectivity index (χ0) is 17.7. The van der Waals surface area contributed by atoms with Gasteiger partial charge in [-0.1, -0.05) is 17.7 Å². The molecule has 9 heteroatoms. The molecule has 1 aromatic heterocycles. The Hall–Kier alpha value is -2.09. The average molecular weight is 386 g/mol. The first-order valence-corrected chi connectivity index (χ1v) is 7.78. The monoisotopic (exact) mass is 385 g/mol. The Labute approximate surface area is 157 Å². The molecule has 7 nitrogen and oxygen atoms in total. The highest BCUT2D eigenvalue weighted by Gasteiger charge is 2.20. The van der Waals surface area contributed by atoms with Crippen LogP contribution >= 0.6 is 24.0 Å². The molecule has 2 rings (SSSR count). The molecule has 1 atom stereocenters. The van der Waals surface area contributed by atoms with Crippen molar-refractivity contribution in [2.45, 2.75) is 13.0 Å². The van der Waals surface area contributed by atoms with Crippen LogP contribution in [0.15, 0.2) is 30.6 Å². The maximum atomic E-state index is 12.2. The first-order valence-electron chi connectivity index (χ1n) is 7.40. The first kappa shape index (κ1) is 21.0. The van der Waals surface area contributed by atoms with Gasteiger partial charge in [0.2, 0.25) is 11.8 Å². The van der Waals surface area contributed by atoms with Crippen molar-refractivity contribution in [3.05, 3.63) is 46.7 Å². The van der Waals surface area contributed by atoms with Gasteiger partial charge in [0.15, 0.2) is 0 Å².